The Morgan fingerprint density at radius 2 is 1.81 bits per heavy atom. The lowest BCUT2D eigenvalue weighted by molar-refractivity contribution is 0.0928. The lowest BCUT2D eigenvalue weighted by Gasteiger charge is -2.42. The number of halogens is 1. The van der Waals surface area contributed by atoms with Crippen molar-refractivity contribution in [1.82, 2.24) is 5.32 Å². The molecule has 5 nitrogen and oxygen atoms in total. The molecule has 0 bridgehead atoms. The molecule has 144 valence electrons. The van der Waals surface area contributed by atoms with Crippen LogP contribution >= 0.6 is 11.6 Å². The standard InChI is InChI=1S/C20H23ClN2O3S/c1-14-4-5-15(12-18(14)23-27(2,25)26)19(24)22-13-20(10-3-11-20)16-6-8-17(21)9-7-16/h4-9,12,23H,3,10-11,13H2,1-2H3,(H,22,24). The molecule has 27 heavy (non-hydrogen) atoms. The Labute approximate surface area is 165 Å². The van der Waals surface area contributed by atoms with Gasteiger partial charge in [-0.15, -0.1) is 0 Å². The van der Waals surface area contributed by atoms with Crippen LogP contribution in [0.2, 0.25) is 5.02 Å². The normalized spacial score (nSPS) is 15.7. The number of sulfonamides is 1. The van der Waals surface area contributed by atoms with Crippen molar-refractivity contribution < 1.29 is 13.2 Å². The van der Waals surface area contributed by atoms with Gasteiger partial charge in [0.2, 0.25) is 10.0 Å². The summed E-state index contributed by atoms with van der Waals surface area (Å²) in [5.74, 6) is -0.216. The maximum Gasteiger partial charge on any atom is 0.251 e. The van der Waals surface area contributed by atoms with Gasteiger partial charge in [0.25, 0.3) is 5.91 Å². The summed E-state index contributed by atoms with van der Waals surface area (Å²) >= 11 is 5.99. The van der Waals surface area contributed by atoms with E-state index in [0.29, 0.717) is 22.8 Å². The second kappa shape index (κ2) is 7.52. The van der Waals surface area contributed by atoms with Crippen LogP contribution in [0.1, 0.15) is 40.7 Å². The SMILES string of the molecule is Cc1ccc(C(=O)NCC2(c3ccc(Cl)cc3)CCC2)cc1NS(C)(=O)=O. The molecule has 0 aromatic heterocycles. The van der Waals surface area contributed by atoms with Crippen molar-refractivity contribution in [3.63, 3.8) is 0 Å². The Hall–Kier alpha value is -2.05. The molecule has 0 saturated heterocycles. The Morgan fingerprint density at radius 1 is 1.15 bits per heavy atom. The van der Waals surface area contributed by atoms with Gasteiger partial charge in [-0.05, 0) is 55.2 Å². The molecule has 0 atom stereocenters. The van der Waals surface area contributed by atoms with Gasteiger partial charge in [0.15, 0.2) is 0 Å². The van der Waals surface area contributed by atoms with E-state index in [1.165, 1.54) is 5.56 Å². The number of hydrogen-bond donors (Lipinski definition) is 2. The lowest BCUT2D eigenvalue weighted by Crippen LogP contribution is -2.45. The summed E-state index contributed by atoms with van der Waals surface area (Å²) < 4.78 is 25.4. The van der Waals surface area contributed by atoms with Gasteiger partial charge in [-0.1, -0.05) is 36.2 Å². The Balaban J connectivity index is 1.73. The van der Waals surface area contributed by atoms with Gasteiger partial charge in [0, 0.05) is 22.5 Å². The number of carbonyl (C=O) groups is 1. The van der Waals surface area contributed by atoms with Crippen LogP contribution in [-0.2, 0) is 15.4 Å². The smallest absolute Gasteiger partial charge is 0.251 e. The summed E-state index contributed by atoms with van der Waals surface area (Å²) in [4.78, 5) is 12.6. The fraction of sp³-hybridized carbons (Fsp3) is 0.350. The molecule has 0 unspecified atom stereocenters. The van der Waals surface area contributed by atoms with Gasteiger partial charge in [0.1, 0.15) is 0 Å². The van der Waals surface area contributed by atoms with Gasteiger partial charge < -0.3 is 5.32 Å². The highest BCUT2D eigenvalue weighted by atomic mass is 35.5. The maximum absolute atomic E-state index is 12.6. The van der Waals surface area contributed by atoms with E-state index in [9.17, 15) is 13.2 Å². The molecule has 1 aliphatic rings. The summed E-state index contributed by atoms with van der Waals surface area (Å²) in [7, 11) is -3.40. The van der Waals surface area contributed by atoms with E-state index in [1.807, 2.05) is 24.3 Å². The van der Waals surface area contributed by atoms with Crippen LogP contribution in [0.15, 0.2) is 42.5 Å². The van der Waals surface area contributed by atoms with Crippen molar-refractivity contribution in [1.29, 1.82) is 0 Å². The van der Waals surface area contributed by atoms with Crippen LogP contribution in [0.25, 0.3) is 0 Å². The van der Waals surface area contributed by atoms with Crippen molar-refractivity contribution in [2.24, 2.45) is 0 Å². The Morgan fingerprint density at radius 3 is 2.37 bits per heavy atom. The minimum atomic E-state index is -3.40. The second-order valence-corrected chi connectivity index (χ2v) is 9.41. The van der Waals surface area contributed by atoms with Gasteiger partial charge in [0.05, 0.1) is 11.9 Å². The molecular weight excluding hydrogens is 384 g/mol. The van der Waals surface area contributed by atoms with Crippen LogP contribution in [0.3, 0.4) is 0 Å². The Kier molecular flexibility index (Phi) is 5.49. The van der Waals surface area contributed by atoms with Crippen LogP contribution in [0, 0.1) is 6.92 Å². The fourth-order valence-corrected chi connectivity index (χ4v) is 4.14. The van der Waals surface area contributed by atoms with E-state index in [2.05, 4.69) is 10.0 Å². The van der Waals surface area contributed by atoms with E-state index < -0.39 is 10.0 Å². The zero-order valence-electron chi connectivity index (χ0n) is 15.4. The maximum atomic E-state index is 12.6. The number of aryl methyl sites for hydroxylation is 1. The molecule has 1 amide bonds. The number of hydrogen-bond acceptors (Lipinski definition) is 3. The molecule has 1 aliphatic carbocycles. The van der Waals surface area contributed by atoms with Gasteiger partial charge in [-0.3, -0.25) is 9.52 Å². The van der Waals surface area contributed by atoms with Crippen LogP contribution < -0.4 is 10.0 Å². The van der Waals surface area contributed by atoms with E-state index in [0.717, 1.165) is 31.1 Å². The van der Waals surface area contributed by atoms with Crippen molar-refractivity contribution in [3.8, 4) is 0 Å². The van der Waals surface area contributed by atoms with Crippen molar-refractivity contribution >= 4 is 33.2 Å². The molecule has 1 saturated carbocycles. The lowest BCUT2D eigenvalue weighted by atomic mass is 9.64. The third kappa shape index (κ3) is 4.62. The molecule has 0 heterocycles. The average molecular weight is 407 g/mol. The first-order chi connectivity index (χ1) is 12.7. The van der Waals surface area contributed by atoms with E-state index >= 15 is 0 Å². The first kappa shape index (κ1) is 19.7. The minimum absolute atomic E-state index is 0.0568. The van der Waals surface area contributed by atoms with Crippen LogP contribution in [-0.4, -0.2) is 27.1 Å². The number of nitrogens with one attached hydrogen (secondary N) is 2. The van der Waals surface area contributed by atoms with Crippen LogP contribution in [0.5, 0.6) is 0 Å². The van der Waals surface area contributed by atoms with E-state index in [1.54, 1.807) is 25.1 Å². The predicted octanol–water partition coefficient (Wildman–Crippen LogP) is 3.87. The minimum Gasteiger partial charge on any atom is -0.351 e. The quantitative estimate of drug-likeness (QED) is 0.764. The predicted molar refractivity (Wildman–Crippen MR) is 109 cm³/mol. The fourth-order valence-electron chi connectivity index (χ4n) is 3.40. The number of carbonyl (C=O) groups excluding carboxylic acids is 1. The third-order valence-corrected chi connectivity index (χ3v) is 5.99. The Bertz CT molecular complexity index is 952. The summed E-state index contributed by atoms with van der Waals surface area (Å²) in [6.07, 6.45) is 4.25. The molecule has 0 aliphatic heterocycles. The topological polar surface area (TPSA) is 75.3 Å². The first-order valence-corrected chi connectivity index (χ1v) is 11.1. The highest BCUT2D eigenvalue weighted by Crippen LogP contribution is 2.43. The number of rotatable bonds is 6. The van der Waals surface area contributed by atoms with Crippen molar-refractivity contribution in [2.75, 3.05) is 17.5 Å². The number of amides is 1. The van der Waals surface area contributed by atoms with Crippen molar-refractivity contribution in [2.45, 2.75) is 31.6 Å². The summed E-state index contributed by atoms with van der Waals surface area (Å²) in [6.45, 7) is 2.33. The first-order valence-electron chi connectivity index (χ1n) is 8.81. The second-order valence-electron chi connectivity index (χ2n) is 7.23. The number of anilines is 1. The monoisotopic (exact) mass is 406 g/mol. The van der Waals surface area contributed by atoms with Crippen molar-refractivity contribution in [3.05, 3.63) is 64.2 Å². The molecule has 2 aromatic carbocycles. The number of benzene rings is 2. The molecule has 0 spiro atoms. The molecular formula is C20H23ClN2O3S. The largest absolute Gasteiger partial charge is 0.351 e. The summed E-state index contributed by atoms with van der Waals surface area (Å²) in [6, 6.07) is 12.8. The molecule has 2 N–H and O–H groups in total. The third-order valence-electron chi connectivity index (χ3n) is 5.15. The molecule has 1 fully saturated rings. The van der Waals surface area contributed by atoms with Gasteiger partial charge in [-0.25, -0.2) is 8.42 Å². The summed E-state index contributed by atoms with van der Waals surface area (Å²) in [5.41, 5.74) is 2.73. The summed E-state index contributed by atoms with van der Waals surface area (Å²) in [5, 5.41) is 3.71. The zero-order chi connectivity index (χ0) is 19.7. The molecule has 7 heteroatoms. The zero-order valence-corrected chi connectivity index (χ0v) is 17.0. The van der Waals surface area contributed by atoms with Gasteiger partial charge in [-0.2, -0.15) is 0 Å². The van der Waals surface area contributed by atoms with E-state index in [4.69, 9.17) is 11.6 Å². The highest BCUT2D eigenvalue weighted by molar-refractivity contribution is 7.92. The average Bonchev–Trinajstić information content (AvgIpc) is 2.56. The highest BCUT2D eigenvalue weighted by Gasteiger charge is 2.38. The van der Waals surface area contributed by atoms with E-state index in [-0.39, 0.29) is 11.3 Å². The van der Waals surface area contributed by atoms with Gasteiger partial charge >= 0.3 is 0 Å². The van der Waals surface area contributed by atoms with Crippen LogP contribution in [0.4, 0.5) is 5.69 Å². The molecule has 3 rings (SSSR count). The molecule has 0 radical (unpaired) electrons. The molecule has 2 aromatic rings.